The number of nitrogens with zero attached hydrogens (tertiary/aromatic N) is 4. The maximum absolute atomic E-state index is 6.64. The summed E-state index contributed by atoms with van der Waals surface area (Å²) in [7, 11) is 0. The normalized spacial score (nSPS) is 21.7. The highest BCUT2D eigenvalue weighted by atomic mass is 35.5. The van der Waals surface area contributed by atoms with Gasteiger partial charge in [0.25, 0.3) is 0 Å². The zero-order chi connectivity index (χ0) is 17.7. The number of aryl methyl sites for hydroxylation is 1. The summed E-state index contributed by atoms with van der Waals surface area (Å²) in [6, 6.07) is 4.48. The summed E-state index contributed by atoms with van der Waals surface area (Å²) in [4.78, 5) is 18.9. The molecule has 3 aromatic rings. The summed E-state index contributed by atoms with van der Waals surface area (Å²) in [5, 5.41) is 5.06. The molecule has 2 atom stereocenters. The van der Waals surface area contributed by atoms with Gasteiger partial charge in [-0.1, -0.05) is 18.5 Å². The van der Waals surface area contributed by atoms with Gasteiger partial charge in [0, 0.05) is 43.5 Å². The Hall–Kier alpha value is -2.38. The van der Waals surface area contributed by atoms with Crippen LogP contribution in [0.3, 0.4) is 0 Å². The zero-order valence-electron chi connectivity index (χ0n) is 14.4. The Labute approximate surface area is 155 Å². The Morgan fingerprint density at radius 2 is 2.27 bits per heavy atom. The molecule has 2 aliphatic heterocycles. The number of aromatic nitrogens is 4. The van der Waals surface area contributed by atoms with E-state index in [4.69, 9.17) is 21.3 Å². The molecule has 134 valence electrons. The molecule has 0 radical (unpaired) electrons. The van der Waals surface area contributed by atoms with Crippen LogP contribution >= 0.6 is 11.6 Å². The average Bonchev–Trinajstić information content (AvgIpc) is 3.12. The number of halogens is 1. The molecule has 3 aromatic heterocycles. The van der Waals surface area contributed by atoms with Gasteiger partial charge in [-0.3, -0.25) is 4.98 Å². The molecule has 8 heteroatoms. The van der Waals surface area contributed by atoms with Crippen molar-refractivity contribution in [2.75, 3.05) is 24.5 Å². The predicted molar refractivity (Wildman–Crippen MR) is 100 cm³/mol. The molecule has 26 heavy (non-hydrogen) atoms. The molecular formula is C18H19ClN6O. The van der Waals surface area contributed by atoms with Crippen LogP contribution < -0.4 is 15.0 Å². The van der Waals surface area contributed by atoms with Gasteiger partial charge in [0.1, 0.15) is 17.2 Å². The summed E-state index contributed by atoms with van der Waals surface area (Å²) in [5.41, 5.74) is 1.68. The van der Waals surface area contributed by atoms with E-state index in [9.17, 15) is 0 Å². The van der Waals surface area contributed by atoms with E-state index < -0.39 is 0 Å². The zero-order valence-corrected chi connectivity index (χ0v) is 15.1. The van der Waals surface area contributed by atoms with Crippen LogP contribution in [-0.2, 0) is 6.42 Å². The number of fused-ring (bicyclic) bond motifs is 2. The number of anilines is 1. The molecule has 0 saturated carbocycles. The summed E-state index contributed by atoms with van der Waals surface area (Å²) in [5.74, 6) is 2.12. The van der Waals surface area contributed by atoms with Gasteiger partial charge in [0.05, 0.1) is 16.6 Å². The number of H-pyrrole nitrogens is 1. The quantitative estimate of drug-likeness (QED) is 0.735. The summed E-state index contributed by atoms with van der Waals surface area (Å²) >= 11 is 6.64. The van der Waals surface area contributed by atoms with Gasteiger partial charge in [-0.05, 0) is 18.6 Å². The molecule has 7 nitrogen and oxygen atoms in total. The van der Waals surface area contributed by atoms with Gasteiger partial charge < -0.3 is 19.9 Å². The van der Waals surface area contributed by atoms with E-state index in [-0.39, 0.29) is 0 Å². The number of ether oxygens (including phenoxy) is 1. The molecule has 2 unspecified atom stereocenters. The van der Waals surface area contributed by atoms with Gasteiger partial charge in [0.15, 0.2) is 0 Å². The predicted octanol–water partition coefficient (Wildman–Crippen LogP) is 2.77. The lowest BCUT2D eigenvalue weighted by Gasteiger charge is -2.29. The lowest BCUT2D eigenvalue weighted by atomic mass is 9.96. The number of aromatic amines is 1. The Morgan fingerprint density at radius 1 is 1.35 bits per heavy atom. The van der Waals surface area contributed by atoms with Crippen LogP contribution in [0.15, 0.2) is 24.5 Å². The van der Waals surface area contributed by atoms with Gasteiger partial charge >= 0.3 is 6.01 Å². The Bertz CT molecular complexity index is 947. The summed E-state index contributed by atoms with van der Waals surface area (Å²) < 4.78 is 5.85. The fourth-order valence-electron chi connectivity index (χ4n) is 3.73. The first-order chi connectivity index (χ1) is 12.7. The summed E-state index contributed by atoms with van der Waals surface area (Å²) in [6.07, 6.45) is 4.15. The fraction of sp³-hybridized carbons (Fsp3) is 0.389. The van der Waals surface area contributed by atoms with Gasteiger partial charge in [-0.15, -0.1) is 0 Å². The number of pyridine rings is 1. The minimum atomic E-state index is 0.299. The van der Waals surface area contributed by atoms with Crippen molar-refractivity contribution in [1.29, 1.82) is 0 Å². The number of nitrogens with one attached hydrogen (secondary N) is 2. The van der Waals surface area contributed by atoms with E-state index in [0.29, 0.717) is 34.4 Å². The topological polar surface area (TPSA) is 79.0 Å². The van der Waals surface area contributed by atoms with Gasteiger partial charge in [0.2, 0.25) is 0 Å². The smallest absolute Gasteiger partial charge is 0.326 e. The minimum absolute atomic E-state index is 0.299. The molecule has 5 rings (SSSR count). The summed E-state index contributed by atoms with van der Waals surface area (Å²) in [6.45, 7) is 5.03. The van der Waals surface area contributed by atoms with Crippen molar-refractivity contribution in [2.45, 2.75) is 19.4 Å². The molecule has 0 bridgehead atoms. The van der Waals surface area contributed by atoms with Crippen molar-refractivity contribution >= 4 is 28.5 Å². The number of hydrogen-bond donors (Lipinski definition) is 2. The van der Waals surface area contributed by atoms with E-state index in [2.05, 4.69) is 32.1 Å². The van der Waals surface area contributed by atoms with Crippen molar-refractivity contribution in [3.05, 3.63) is 35.2 Å². The largest absolute Gasteiger partial charge is 0.423 e. The Morgan fingerprint density at radius 3 is 2.92 bits per heavy atom. The van der Waals surface area contributed by atoms with Crippen LogP contribution in [0.1, 0.15) is 12.6 Å². The van der Waals surface area contributed by atoms with E-state index in [1.54, 1.807) is 12.4 Å². The highest BCUT2D eigenvalue weighted by Crippen LogP contribution is 2.38. The van der Waals surface area contributed by atoms with E-state index in [1.165, 1.54) is 0 Å². The molecule has 0 amide bonds. The minimum Gasteiger partial charge on any atom is -0.423 e. The maximum atomic E-state index is 6.64. The third kappa shape index (κ3) is 2.50. The first kappa shape index (κ1) is 15.8. The Balaban J connectivity index is 1.61. The molecule has 0 aliphatic carbocycles. The second kappa shape index (κ2) is 6.10. The third-order valence-corrected chi connectivity index (χ3v) is 5.62. The van der Waals surface area contributed by atoms with Crippen LogP contribution in [0.25, 0.3) is 11.0 Å². The molecule has 2 aliphatic rings. The van der Waals surface area contributed by atoms with Gasteiger partial charge in [-0.25, -0.2) is 0 Å². The molecule has 0 spiro atoms. The van der Waals surface area contributed by atoms with E-state index in [1.807, 2.05) is 12.1 Å². The second-order valence-electron chi connectivity index (χ2n) is 6.80. The van der Waals surface area contributed by atoms with Crippen LogP contribution in [0.4, 0.5) is 5.82 Å². The molecule has 0 aromatic carbocycles. The van der Waals surface area contributed by atoms with Gasteiger partial charge in [-0.2, -0.15) is 9.97 Å². The van der Waals surface area contributed by atoms with Crippen molar-refractivity contribution in [2.24, 2.45) is 5.92 Å². The average molecular weight is 371 g/mol. The maximum Gasteiger partial charge on any atom is 0.326 e. The molecule has 2 N–H and O–H groups in total. The van der Waals surface area contributed by atoms with Crippen LogP contribution in [0, 0.1) is 5.92 Å². The first-order valence-electron chi connectivity index (χ1n) is 8.87. The van der Waals surface area contributed by atoms with E-state index in [0.717, 1.165) is 43.0 Å². The van der Waals surface area contributed by atoms with Crippen LogP contribution in [0.2, 0.25) is 5.02 Å². The lowest BCUT2D eigenvalue weighted by Crippen LogP contribution is -2.51. The first-order valence-corrected chi connectivity index (χ1v) is 9.25. The fourth-order valence-corrected chi connectivity index (χ4v) is 4.08. The SMILES string of the molecule is CCc1[nH]c2nc(Oc3cccnc3)nc(N3CC4CNC4C3)c2c1Cl. The van der Waals surface area contributed by atoms with Crippen molar-refractivity contribution in [3.8, 4) is 11.8 Å². The monoisotopic (exact) mass is 370 g/mol. The number of hydrogen-bond acceptors (Lipinski definition) is 6. The van der Waals surface area contributed by atoms with Crippen LogP contribution in [0.5, 0.6) is 11.8 Å². The van der Waals surface area contributed by atoms with E-state index >= 15 is 0 Å². The molecule has 2 fully saturated rings. The van der Waals surface area contributed by atoms with Crippen LogP contribution in [-0.4, -0.2) is 45.6 Å². The van der Waals surface area contributed by atoms with Crippen molar-refractivity contribution in [1.82, 2.24) is 25.3 Å². The van der Waals surface area contributed by atoms with Crippen molar-refractivity contribution in [3.63, 3.8) is 0 Å². The third-order valence-electron chi connectivity index (χ3n) is 5.20. The highest BCUT2D eigenvalue weighted by molar-refractivity contribution is 6.37. The standard InChI is InChI=1S/C18H19ClN6O/c1-2-12-15(19)14-16(22-12)23-18(26-11-4-3-5-20-7-11)24-17(14)25-8-10-6-21-13(10)9-25/h3-5,7,10,13,21H,2,6,8-9H2,1H3,(H,22,23,24). The number of rotatable bonds is 4. The Kier molecular flexibility index (Phi) is 3.72. The van der Waals surface area contributed by atoms with Crippen molar-refractivity contribution < 1.29 is 4.74 Å². The molecule has 2 saturated heterocycles. The second-order valence-corrected chi connectivity index (χ2v) is 7.17. The lowest BCUT2D eigenvalue weighted by molar-refractivity contribution is 0.297. The molecular weight excluding hydrogens is 352 g/mol. The molecule has 5 heterocycles. The highest BCUT2D eigenvalue weighted by Gasteiger charge is 2.40.